The highest BCUT2D eigenvalue weighted by atomic mass is 16.5. The Morgan fingerprint density at radius 3 is 2.70 bits per heavy atom. The number of nitrogens with one attached hydrogen (secondary N) is 1. The minimum Gasteiger partial charge on any atom is -0.504 e. The summed E-state index contributed by atoms with van der Waals surface area (Å²) in [4.78, 5) is 8.74. The summed E-state index contributed by atoms with van der Waals surface area (Å²) in [5, 5.41) is 13.0. The second kappa shape index (κ2) is 5.88. The van der Waals surface area contributed by atoms with Crippen molar-refractivity contribution in [2.45, 2.75) is 18.8 Å². The molecule has 2 heterocycles. The molecule has 1 aromatic carbocycles. The third kappa shape index (κ3) is 2.88. The van der Waals surface area contributed by atoms with Gasteiger partial charge in [-0.25, -0.2) is 9.97 Å². The van der Waals surface area contributed by atoms with Gasteiger partial charge in [0, 0.05) is 12.5 Å². The van der Waals surface area contributed by atoms with Crippen LogP contribution in [0.15, 0.2) is 36.7 Å². The molecule has 0 aliphatic carbocycles. The lowest BCUT2D eigenvalue weighted by Gasteiger charge is -2.21. The first-order chi connectivity index (χ1) is 9.83. The Bertz CT molecular complexity index is 566. The van der Waals surface area contributed by atoms with E-state index in [0.717, 1.165) is 31.8 Å². The molecule has 1 fully saturated rings. The zero-order valence-electron chi connectivity index (χ0n) is 11.1. The van der Waals surface area contributed by atoms with Crippen molar-refractivity contribution in [3.05, 3.63) is 42.5 Å². The first-order valence-corrected chi connectivity index (χ1v) is 6.81. The van der Waals surface area contributed by atoms with Crippen LogP contribution in [0.25, 0.3) is 0 Å². The molecule has 1 atom stereocenters. The quantitative estimate of drug-likeness (QED) is 0.897. The Balaban J connectivity index is 1.71. The lowest BCUT2D eigenvalue weighted by molar-refractivity contribution is 0.406. The molecular formula is C15H17N3O2. The molecule has 5 nitrogen and oxygen atoms in total. The van der Waals surface area contributed by atoms with E-state index in [2.05, 4.69) is 15.3 Å². The zero-order chi connectivity index (χ0) is 13.8. The molecule has 3 rings (SSSR count). The summed E-state index contributed by atoms with van der Waals surface area (Å²) in [6.45, 7) is 2.00. The van der Waals surface area contributed by atoms with E-state index >= 15 is 0 Å². The van der Waals surface area contributed by atoms with Gasteiger partial charge in [0.25, 0.3) is 0 Å². The fourth-order valence-corrected chi connectivity index (χ4v) is 2.33. The highest BCUT2D eigenvalue weighted by molar-refractivity contribution is 5.40. The molecule has 20 heavy (non-hydrogen) atoms. The predicted octanol–water partition coefficient (Wildman–Crippen LogP) is 2.44. The number of ether oxygens (including phenoxy) is 1. The van der Waals surface area contributed by atoms with Gasteiger partial charge in [-0.2, -0.15) is 0 Å². The summed E-state index contributed by atoms with van der Waals surface area (Å²) in [5.41, 5.74) is 0. The molecule has 0 bridgehead atoms. The largest absolute Gasteiger partial charge is 0.504 e. The normalized spacial score (nSPS) is 18.7. The van der Waals surface area contributed by atoms with E-state index in [1.54, 1.807) is 36.7 Å². The van der Waals surface area contributed by atoms with Crippen molar-refractivity contribution < 1.29 is 9.84 Å². The number of phenols is 1. The zero-order valence-corrected chi connectivity index (χ0v) is 11.1. The van der Waals surface area contributed by atoms with Crippen molar-refractivity contribution in [1.29, 1.82) is 0 Å². The molecule has 5 heteroatoms. The van der Waals surface area contributed by atoms with Crippen molar-refractivity contribution in [2.24, 2.45) is 0 Å². The highest BCUT2D eigenvalue weighted by Gasteiger charge is 2.17. The van der Waals surface area contributed by atoms with Gasteiger partial charge in [-0.1, -0.05) is 12.1 Å². The van der Waals surface area contributed by atoms with Crippen LogP contribution in [0.3, 0.4) is 0 Å². The number of aromatic hydroxyl groups is 1. The van der Waals surface area contributed by atoms with Gasteiger partial charge in [-0.15, -0.1) is 0 Å². The molecule has 0 spiro atoms. The average Bonchev–Trinajstić information content (AvgIpc) is 2.51. The molecular weight excluding hydrogens is 254 g/mol. The van der Waals surface area contributed by atoms with Gasteiger partial charge in [-0.3, -0.25) is 0 Å². The van der Waals surface area contributed by atoms with Crippen molar-refractivity contribution in [1.82, 2.24) is 15.3 Å². The van der Waals surface area contributed by atoms with Crippen LogP contribution in [0.4, 0.5) is 0 Å². The molecule has 1 saturated heterocycles. The van der Waals surface area contributed by atoms with Crippen molar-refractivity contribution in [2.75, 3.05) is 13.1 Å². The third-order valence-electron chi connectivity index (χ3n) is 3.40. The van der Waals surface area contributed by atoms with Gasteiger partial charge in [-0.05, 0) is 31.5 Å². The van der Waals surface area contributed by atoms with Crippen LogP contribution in [0, 0.1) is 0 Å². The van der Waals surface area contributed by atoms with Crippen molar-refractivity contribution in [3.63, 3.8) is 0 Å². The second-order valence-electron chi connectivity index (χ2n) is 4.89. The predicted molar refractivity (Wildman–Crippen MR) is 75.1 cm³/mol. The number of piperidine rings is 1. The van der Waals surface area contributed by atoms with Crippen LogP contribution in [0.2, 0.25) is 0 Å². The summed E-state index contributed by atoms with van der Waals surface area (Å²) in [7, 11) is 0. The van der Waals surface area contributed by atoms with Crippen LogP contribution in [0.5, 0.6) is 17.2 Å². The molecule has 1 aromatic heterocycles. The number of para-hydroxylation sites is 2. The Hall–Kier alpha value is -2.14. The van der Waals surface area contributed by atoms with Crippen LogP contribution in [-0.2, 0) is 0 Å². The van der Waals surface area contributed by atoms with E-state index in [9.17, 15) is 5.11 Å². The first kappa shape index (κ1) is 12.9. The van der Waals surface area contributed by atoms with E-state index in [0.29, 0.717) is 17.4 Å². The summed E-state index contributed by atoms with van der Waals surface area (Å²) < 4.78 is 5.56. The number of benzene rings is 1. The molecule has 104 valence electrons. The van der Waals surface area contributed by atoms with Crippen LogP contribution in [-0.4, -0.2) is 28.2 Å². The van der Waals surface area contributed by atoms with Gasteiger partial charge < -0.3 is 15.2 Å². The summed E-state index contributed by atoms with van der Waals surface area (Å²) in [6.07, 6.45) is 5.59. The van der Waals surface area contributed by atoms with E-state index in [1.807, 2.05) is 0 Å². The maximum atomic E-state index is 9.66. The van der Waals surface area contributed by atoms with E-state index in [1.165, 1.54) is 0 Å². The third-order valence-corrected chi connectivity index (χ3v) is 3.40. The Kier molecular flexibility index (Phi) is 3.78. The first-order valence-electron chi connectivity index (χ1n) is 6.81. The summed E-state index contributed by atoms with van der Waals surface area (Å²) in [5.74, 6) is 2.26. The number of hydrogen-bond donors (Lipinski definition) is 2. The Labute approximate surface area is 117 Å². The fraction of sp³-hybridized carbons (Fsp3) is 0.333. The number of rotatable bonds is 3. The average molecular weight is 271 g/mol. The Morgan fingerprint density at radius 2 is 2.00 bits per heavy atom. The monoisotopic (exact) mass is 271 g/mol. The summed E-state index contributed by atoms with van der Waals surface area (Å²) in [6, 6.07) is 6.84. The number of nitrogens with zero attached hydrogens (tertiary/aromatic N) is 2. The minimum atomic E-state index is 0.105. The van der Waals surface area contributed by atoms with Crippen LogP contribution >= 0.6 is 0 Å². The molecule has 1 unspecified atom stereocenters. The smallest absolute Gasteiger partial charge is 0.169 e. The number of aromatic nitrogens is 2. The minimum absolute atomic E-state index is 0.105. The van der Waals surface area contributed by atoms with Gasteiger partial charge in [0.1, 0.15) is 5.82 Å². The molecule has 0 amide bonds. The molecule has 2 aromatic rings. The number of hydrogen-bond acceptors (Lipinski definition) is 5. The molecule has 0 radical (unpaired) electrons. The van der Waals surface area contributed by atoms with Gasteiger partial charge in [0.15, 0.2) is 17.2 Å². The summed E-state index contributed by atoms with van der Waals surface area (Å²) >= 11 is 0. The topological polar surface area (TPSA) is 67.3 Å². The highest BCUT2D eigenvalue weighted by Crippen LogP contribution is 2.29. The lowest BCUT2D eigenvalue weighted by Crippen LogP contribution is -2.29. The lowest BCUT2D eigenvalue weighted by atomic mass is 9.99. The molecule has 0 saturated carbocycles. The van der Waals surface area contributed by atoms with E-state index in [-0.39, 0.29) is 5.75 Å². The van der Waals surface area contributed by atoms with Crippen LogP contribution in [0.1, 0.15) is 24.6 Å². The maximum Gasteiger partial charge on any atom is 0.169 e. The van der Waals surface area contributed by atoms with Gasteiger partial charge >= 0.3 is 0 Å². The van der Waals surface area contributed by atoms with E-state index in [4.69, 9.17) is 4.74 Å². The SMILES string of the molecule is Oc1ccccc1Oc1cnc(C2CCCNC2)nc1. The Morgan fingerprint density at radius 1 is 1.20 bits per heavy atom. The van der Waals surface area contributed by atoms with Gasteiger partial charge in [0.05, 0.1) is 12.4 Å². The van der Waals surface area contributed by atoms with Crippen molar-refractivity contribution >= 4 is 0 Å². The molecule has 1 aliphatic heterocycles. The number of phenolic OH excluding ortho intramolecular Hbond substituents is 1. The molecule has 1 aliphatic rings. The van der Waals surface area contributed by atoms with E-state index < -0.39 is 0 Å². The fourth-order valence-electron chi connectivity index (χ4n) is 2.33. The maximum absolute atomic E-state index is 9.66. The van der Waals surface area contributed by atoms with Crippen LogP contribution < -0.4 is 10.1 Å². The molecule has 2 N–H and O–H groups in total. The van der Waals surface area contributed by atoms with Crippen molar-refractivity contribution in [3.8, 4) is 17.2 Å². The second-order valence-corrected chi connectivity index (χ2v) is 4.89. The van der Waals surface area contributed by atoms with Gasteiger partial charge in [0.2, 0.25) is 0 Å². The standard InChI is InChI=1S/C15H17N3O2/c19-13-5-1-2-6-14(13)20-12-9-17-15(18-10-12)11-4-3-7-16-8-11/h1-2,5-6,9-11,16,19H,3-4,7-8H2.